The zero-order chi connectivity index (χ0) is 25.9. The maximum absolute atomic E-state index is 13.3. The number of benzene rings is 4. The molecule has 5 rings (SSSR count). The second-order valence-electron chi connectivity index (χ2n) is 9.04. The van der Waals surface area contributed by atoms with Crippen LogP contribution >= 0.6 is 24.0 Å². The molecule has 0 aliphatic carbocycles. The van der Waals surface area contributed by atoms with Crippen LogP contribution in [0.1, 0.15) is 36.1 Å². The number of thiocarbonyl (C=S) groups is 1. The summed E-state index contributed by atoms with van der Waals surface area (Å²) in [6.45, 7) is 0. The number of anilines is 1. The van der Waals surface area contributed by atoms with Gasteiger partial charge in [-0.25, -0.2) is 4.39 Å². The van der Waals surface area contributed by atoms with Gasteiger partial charge in [-0.3, -0.25) is 0 Å². The topological polar surface area (TPSA) is 63.9 Å². The van der Waals surface area contributed by atoms with Crippen molar-refractivity contribution in [1.29, 1.82) is 0 Å². The number of aromatic hydroxyl groups is 2. The van der Waals surface area contributed by atoms with Crippen LogP contribution in [0, 0.1) is 5.82 Å². The monoisotopic (exact) mass is 531 g/mol. The van der Waals surface area contributed by atoms with E-state index in [1.54, 1.807) is 24.3 Å². The third kappa shape index (κ3) is 5.49. The van der Waals surface area contributed by atoms with E-state index in [2.05, 4.69) is 24.3 Å². The first-order valence-electron chi connectivity index (χ1n) is 12.0. The van der Waals surface area contributed by atoms with E-state index < -0.39 is 6.10 Å². The molecule has 4 nitrogen and oxygen atoms in total. The Balaban J connectivity index is 1.44. The molecule has 1 saturated heterocycles. The number of halogens is 1. The van der Waals surface area contributed by atoms with Gasteiger partial charge < -0.3 is 20.2 Å². The van der Waals surface area contributed by atoms with E-state index in [1.165, 1.54) is 30.0 Å². The summed E-state index contributed by atoms with van der Waals surface area (Å²) in [5, 5.41) is 31.3. The lowest BCUT2D eigenvalue weighted by atomic mass is 9.95. The van der Waals surface area contributed by atoms with Crippen LogP contribution in [-0.4, -0.2) is 24.9 Å². The van der Waals surface area contributed by atoms with Gasteiger partial charge in [-0.1, -0.05) is 78.6 Å². The Kier molecular flexibility index (Phi) is 7.46. The smallest absolute Gasteiger partial charge is 0.141 e. The van der Waals surface area contributed by atoms with Crippen molar-refractivity contribution in [3.05, 3.63) is 114 Å². The number of phenols is 2. The molecule has 1 aliphatic rings. The van der Waals surface area contributed by atoms with Gasteiger partial charge in [0.2, 0.25) is 0 Å². The second-order valence-corrected chi connectivity index (χ2v) is 10.9. The first kappa shape index (κ1) is 25.3. The number of aliphatic hydroxyl groups excluding tert-OH is 1. The van der Waals surface area contributed by atoms with Crippen molar-refractivity contribution in [3.63, 3.8) is 0 Å². The van der Waals surface area contributed by atoms with Crippen LogP contribution in [0.3, 0.4) is 0 Å². The molecule has 0 saturated carbocycles. The predicted octanol–water partition coefficient (Wildman–Crippen LogP) is 7.37. The zero-order valence-corrected chi connectivity index (χ0v) is 21.5. The third-order valence-corrected chi connectivity index (χ3v) is 8.32. The molecule has 0 bridgehead atoms. The van der Waals surface area contributed by atoms with Crippen LogP contribution < -0.4 is 4.90 Å². The van der Waals surface area contributed by atoms with E-state index >= 15 is 0 Å². The zero-order valence-electron chi connectivity index (χ0n) is 19.9. The van der Waals surface area contributed by atoms with Crippen molar-refractivity contribution in [2.45, 2.75) is 30.2 Å². The summed E-state index contributed by atoms with van der Waals surface area (Å²) in [4.78, 5) is 2.04. The highest BCUT2D eigenvalue weighted by Gasteiger charge is 2.41. The van der Waals surface area contributed by atoms with Crippen molar-refractivity contribution in [2.75, 3.05) is 4.90 Å². The third-order valence-electron chi connectivity index (χ3n) is 6.64. The van der Waals surface area contributed by atoms with Crippen LogP contribution in [0.15, 0.2) is 97.1 Å². The maximum Gasteiger partial charge on any atom is 0.141 e. The quantitative estimate of drug-likeness (QED) is 0.217. The summed E-state index contributed by atoms with van der Waals surface area (Å²) < 4.78 is 14.0. The highest BCUT2D eigenvalue weighted by Crippen LogP contribution is 2.49. The Morgan fingerprint density at radius 1 is 0.865 bits per heavy atom. The molecule has 0 radical (unpaired) electrons. The average molecular weight is 532 g/mol. The molecule has 4 aromatic carbocycles. The minimum atomic E-state index is -0.747. The summed E-state index contributed by atoms with van der Waals surface area (Å²) in [7, 11) is 0. The molecule has 188 valence electrons. The fourth-order valence-electron chi connectivity index (χ4n) is 4.75. The van der Waals surface area contributed by atoms with Gasteiger partial charge in [0.25, 0.3) is 0 Å². The number of thioether (sulfide) groups is 1. The number of nitrogens with zero attached hydrogens (tertiary/aromatic N) is 1. The fourth-order valence-corrected chi connectivity index (χ4v) is 6.59. The summed E-state index contributed by atoms with van der Waals surface area (Å²) >= 11 is 7.35. The SMILES string of the molecule is Oc1ccc([C@@H]2[C@H](CCC(O)c3ccc(F)cc3)SC(=S)N2c2ccc(-c3ccccc3)cc2)c(O)c1. The molecule has 1 aliphatic heterocycles. The minimum Gasteiger partial charge on any atom is -0.508 e. The molecule has 0 aromatic heterocycles. The molecule has 3 atom stereocenters. The number of rotatable bonds is 7. The first-order chi connectivity index (χ1) is 17.9. The van der Waals surface area contributed by atoms with E-state index in [0.29, 0.717) is 28.3 Å². The fraction of sp³-hybridized carbons (Fsp3) is 0.167. The van der Waals surface area contributed by atoms with Gasteiger partial charge in [0.1, 0.15) is 21.6 Å². The largest absolute Gasteiger partial charge is 0.508 e. The van der Waals surface area contributed by atoms with Crippen LogP contribution in [0.5, 0.6) is 11.5 Å². The standard InChI is InChI=1S/C30H26FNO3S2/c31-22-10-6-21(7-11-22)26(34)16-17-28-29(25-15-14-24(33)18-27(25)35)32(30(36)37-28)23-12-8-20(9-13-23)19-4-2-1-3-5-19/h1-15,18,26,28-29,33-35H,16-17H2/t26?,28-,29+/m0/s1. The van der Waals surface area contributed by atoms with E-state index in [1.807, 2.05) is 35.2 Å². The van der Waals surface area contributed by atoms with Gasteiger partial charge in [-0.15, -0.1) is 0 Å². The first-order valence-corrected chi connectivity index (χ1v) is 13.3. The van der Waals surface area contributed by atoms with Crippen LogP contribution in [0.4, 0.5) is 10.1 Å². The summed E-state index contributed by atoms with van der Waals surface area (Å²) in [5.74, 6) is -0.369. The van der Waals surface area contributed by atoms with Crippen molar-refractivity contribution in [2.24, 2.45) is 0 Å². The number of aliphatic hydroxyl groups is 1. The number of phenolic OH excluding ortho intramolecular Hbond substituents is 2. The highest BCUT2D eigenvalue weighted by molar-refractivity contribution is 8.24. The van der Waals surface area contributed by atoms with Crippen molar-refractivity contribution < 1.29 is 19.7 Å². The molecular formula is C30H26FNO3S2. The van der Waals surface area contributed by atoms with E-state index in [4.69, 9.17) is 12.2 Å². The van der Waals surface area contributed by atoms with Gasteiger partial charge in [0.15, 0.2) is 0 Å². The summed E-state index contributed by atoms with van der Waals surface area (Å²) in [6.07, 6.45) is 0.303. The lowest BCUT2D eigenvalue weighted by molar-refractivity contribution is 0.163. The minimum absolute atomic E-state index is 0.00899. The van der Waals surface area contributed by atoms with Crippen molar-refractivity contribution >= 4 is 34.0 Å². The molecule has 1 heterocycles. The molecule has 3 N–H and O–H groups in total. The molecular weight excluding hydrogens is 505 g/mol. The molecule has 1 fully saturated rings. The van der Waals surface area contributed by atoms with Crippen LogP contribution in [0.25, 0.3) is 11.1 Å². The Bertz CT molecular complexity index is 1380. The molecule has 1 unspecified atom stereocenters. The van der Waals surface area contributed by atoms with E-state index in [-0.39, 0.29) is 28.6 Å². The Morgan fingerprint density at radius 2 is 1.54 bits per heavy atom. The second kappa shape index (κ2) is 10.9. The molecule has 0 spiro atoms. The number of hydrogen-bond donors (Lipinski definition) is 3. The predicted molar refractivity (Wildman–Crippen MR) is 151 cm³/mol. The van der Waals surface area contributed by atoms with Gasteiger partial charge >= 0.3 is 0 Å². The van der Waals surface area contributed by atoms with Gasteiger partial charge in [-0.05, 0) is 65.9 Å². The van der Waals surface area contributed by atoms with Crippen LogP contribution in [-0.2, 0) is 0 Å². The molecule has 37 heavy (non-hydrogen) atoms. The van der Waals surface area contributed by atoms with E-state index in [0.717, 1.165) is 16.8 Å². The Hall–Kier alpha value is -3.39. The van der Waals surface area contributed by atoms with Crippen molar-refractivity contribution in [1.82, 2.24) is 0 Å². The van der Waals surface area contributed by atoms with Gasteiger partial charge in [0, 0.05) is 22.6 Å². The maximum atomic E-state index is 13.3. The normalized spacial score (nSPS) is 18.2. The molecule has 0 amide bonds. The Labute approximate surface area is 225 Å². The summed E-state index contributed by atoms with van der Waals surface area (Å²) in [5.41, 5.74) is 4.41. The lowest BCUT2D eigenvalue weighted by Crippen LogP contribution is -2.29. The van der Waals surface area contributed by atoms with Crippen molar-refractivity contribution in [3.8, 4) is 22.6 Å². The highest BCUT2D eigenvalue weighted by atomic mass is 32.2. The molecule has 4 aromatic rings. The van der Waals surface area contributed by atoms with Crippen LogP contribution in [0.2, 0.25) is 0 Å². The van der Waals surface area contributed by atoms with Gasteiger partial charge in [0.05, 0.1) is 12.1 Å². The summed E-state index contributed by atoms with van der Waals surface area (Å²) in [6, 6.07) is 28.5. The average Bonchev–Trinajstić information content (AvgIpc) is 3.23. The van der Waals surface area contributed by atoms with Gasteiger partial charge in [-0.2, -0.15) is 0 Å². The lowest BCUT2D eigenvalue weighted by Gasteiger charge is -2.30. The molecule has 7 heteroatoms. The van der Waals surface area contributed by atoms with E-state index in [9.17, 15) is 19.7 Å². The number of hydrogen-bond acceptors (Lipinski definition) is 5. The Morgan fingerprint density at radius 3 is 2.22 bits per heavy atom.